The van der Waals surface area contributed by atoms with Crippen LogP contribution in [-0.4, -0.2) is 44.3 Å². The van der Waals surface area contributed by atoms with Crippen LogP contribution in [0.3, 0.4) is 0 Å². The van der Waals surface area contributed by atoms with Crippen molar-refractivity contribution >= 4 is 58.0 Å². The van der Waals surface area contributed by atoms with Gasteiger partial charge >= 0.3 is 5.97 Å². The van der Waals surface area contributed by atoms with E-state index in [2.05, 4.69) is 0 Å². The first kappa shape index (κ1) is 17.8. The molecule has 8 heteroatoms. The van der Waals surface area contributed by atoms with Crippen molar-refractivity contribution in [2.24, 2.45) is 0 Å². The number of thiocarbonyl (C=S) groups is 1. The number of carboxylic acid groups (broad SMARTS) is 1. The molecule has 1 aliphatic rings. The summed E-state index contributed by atoms with van der Waals surface area (Å²) in [6.07, 6.45) is 8.83. The SMILES string of the molecule is CSCCC(C(=O)O)N1C(=O)/C(=C\C=C\c2ccco2)SC1=S. The minimum absolute atomic E-state index is 0.279. The highest BCUT2D eigenvalue weighted by molar-refractivity contribution is 8.26. The summed E-state index contributed by atoms with van der Waals surface area (Å²) < 4.78 is 5.44. The number of furan rings is 1. The number of carboxylic acids is 1. The summed E-state index contributed by atoms with van der Waals surface area (Å²) in [5, 5.41) is 9.37. The molecule has 0 saturated carbocycles. The Morgan fingerprint density at radius 2 is 2.39 bits per heavy atom. The number of carbonyl (C=O) groups is 2. The monoisotopic (exact) mass is 369 g/mol. The molecule has 122 valence electrons. The molecule has 1 aliphatic heterocycles. The number of thioether (sulfide) groups is 2. The molecule has 0 aromatic carbocycles. The fourth-order valence-electron chi connectivity index (χ4n) is 1.97. The Balaban J connectivity index is 2.13. The van der Waals surface area contributed by atoms with Crippen LogP contribution in [0.5, 0.6) is 0 Å². The highest BCUT2D eigenvalue weighted by Gasteiger charge is 2.39. The summed E-state index contributed by atoms with van der Waals surface area (Å²) in [5.74, 6) is -0.0914. The fourth-order valence-corrected chi connectivity index (χ4v) is 3.74. The van der Waals surface area contributed by atoms with E-state index in [0.717, 1.165) is 11.8 Å². The van der Waals surface area contributed by atoms with Crippen LogP contribution in [0.2, 0.25) is 0 Å². The van der Waals surface area contributed by atoms with Gasteiger partial charge in [-0.3, -0.25) is 9.69 Å². The third-order valence-corrected chi connectivity index (χ3v) is 5.06. The molecule has 1 unspecified atom stereocenters. The number of hydrogen-bond acceptors (Lipinski definition) is 6. The van der Waals surface area contributed by atoms with Crippen LogP contribution in [0.15, 0.2) is 39.9 Å². The summed E-state index contributed by atoms with van der Waals surface area (Å²) >= 11 is 7.83. The third kappa shape index (κ3) is 4.49. The number of nitrogens with zero attached hydrogens (tertiary/aromatic N) is 1. The van der Waals surface area contributed by atoms with Gasteiger partial charge in [-0.1, -0.05) is 30.1 Å². The molecular formula is C15H15NO4S3. The number of aliphatic carboxylic acids is 1. The third-order valence-electron chi connectivity index (χ3n) is 3.07. The molecule has 2 rings (SSSR count). The molecular weight excluding hydrogens is 354 g/mol. The van der Waals surface area contributed by atoms with Crippen LogP contribution in [0, 0.1) is 0 Å². The van der Waals surface area contributed by atoms with Crippen LogP contribution >= 0.6 is 35.7 Å². The van der Waals surface area contributed by atoms with Crippen molar-refractivity contribution in [1.29, 1.82) is 0 Å². The lowest BCUT2D eigenvalue weighted by molar-refractivity contribution is -0.145. The molecule has 1 aromatic heterocycles. The van der Waals surface area contributed by atoms with Crippen molar-refractivity contribution in [3.8, 4) is 0 Å². The summed E-state index contributed by atoms with van der Waals surface area (Å²) in [5.41, 5.74) is 0. The Labute approximate surface area is 147 Å². The van der Waals surface area contributed by atoms with Gasteiger partial charge in [0, 0.05) is 0 Å². The van der Waals surface area contributed by atoms with E-state index in [9.17, 15) is 14.7 Å². The van der Waals surface area contributed by atoms with Crippen LogP contribution < -0.4 is 0 Å². The second kappa shape index (κ2) is 8.37. The minimum Gasteiger partial charge on any atom is -0.480 e. The van der Waals surface area contributed by atoms with Gasteiger partial charge < -0.3 is 9.52 Å². The van der Waals surface area contributed by atoms with Gasteiger partial charge in [0.1, 0.15) is 16.1 Å². The molecule has 1 fully saturated rings. The topological polar surface area (TPSA) is 70.8 Å². The number of amides is 1. The van der Waals surface area contributed by atoms with Crippen LogP contribution in [0.25, 0.3) is 6.08 Å². The Morgan fingerprint density at radius 1 is 1.61 bits per heavy atom. The van der Waals surface area contributed by atoms with Crippen molar-refractivity contribution in [3.05, 3.63) is 41.2 Å². The van der Waals surface area contributed by atoms with Crippen molar-refractivity contribution < 1.29 is 19.1 Å². The molecule has 0 spiro atoms. The van der Waals surface area contributed by atoms with Crippen molar-refractivity contribution in [2.45, 2.75) is 12.5 Å². The van der Waals surface area contributed by atoms with Gasteiger partial charge in [-0.15, -0.1) is 0 Å². The maximum atomic E-state index is 12.4. The summed E-state index contributed by atoms with van der Waals surface area (Å²) in [4.78, 5) is 25.5. The molecule has 0 aliphatic carbocycles. The van der Waals surface area contributed by atoms with E-state index >= 15 is 0 Å². The number of hydrogen-bond donors (Lipinski definition) is 1. The Kier molecular flexibility index (Phi) is 6.49. The molecule has 0 radical (unpaired) electrons. The fraction of sp³-hybridized carbons (Fsp3) is 0.267. The number of rotatable bonds is 7. The molecule has 0 bridgehead atoms. The molecule has 1 saturated heterocycles. The van der Waals surface area contributed by atoms with Gasteiger partial charge in [-0.2, -0.15) is 11.8 Å². The molecule has 1 atom stereocenters. The largest absolute Gasteiger partial charge is 0.480 e. The second-order valence-electron chi connectivity index (χ2n) is 4.58. The van der Waals surface area contributed by atoms with Crippen LogP contribution in [-0.2, 0) is 9.59 Å². The zero-order chi connectivity index (χ0) is 16.8. The lowest BCUT2D eigenvalue weighted by Gasteiger charge is -2.22. The smallest absolute Gasteiger partial charge is 0.326 e. The minimum atomic E-state index is -1.04. The van der Waals surface area contributed by atoms with Crippen molar-refractivity contribution in [2.75, 3.05) is 12.0 Å². The molecule has 1 aromatic rings. The van der Waals surface area contributed by atoms with E-state index in [-0.39, 0.29) is 10.2 Å². The Morgan fingerprint density at radius 3 is 3.00 bits per heavy atom. The van der Waals surface area contributed by atoms with E-state index < -0.39 is 12.0 Å². The van der Waals surface area contributed by atoms with E-state index in [1.54, 1.807) is 36.6 Å². The summed E-state index contributed by atoms with van der Waals surface area (Å²) in [6.45, 7) is 0. The first-order valence-electron chi connectivity index (χ1n) is 6.73. The summed E-state index contributed by atoms with van der Waals surface area (Å²) in [7, 11) is 0. The van der Waals surface area contributed by atoms with Gasteiger partial charge in [0.25, 0.3) is 5.91 Å². The van der Waals surface area contributed by atoms with Gasteiger partial charge in [0.2, 0.25) is 0 Å². The van der Waals surface area contributed by atoms with Gasteiger partial charge in [-0.05, 0) is 42.7 Å². The lowest BCUT2D eigenvalue weighted by atomic mass is 10.2. The number of allylic oxidation sites excluding steroid dienone is 2. The normalized spacial score (nSPS) is 18.3. The van der Waals surface area contributed by atoms with Gasteiger partial charge in [0.15, 0.2) is 0 Å². The van der Waals surface area contributed by atoms with Crippen LogP contribution in [0.1, 0.15) is 12.2 Å². The van der Waals surface area contributed by atoms with E-state index in [1.165, 1.54) is 16.7 Å². The van der Waals surface area contributed by atoms with Crippen molar-refractivity contribution in [1.82, 2.24) is 4.90 Å². The van der Waals surface area contributed by atoms with E-state index in [1.807, 2.05) is 6.26 Å². The predicted octanol–water partition coefficient (Wildman–Crippen LogP) is 3.24. The highest BCUT2D eigenvalue weighted by atomic mass is 32.2. The first-order chi connectivity index (χ1) is 11.0. The molecule has 1 N–H and O–H groups in total. The van der Waals surface area contributed by atoms with E-state index in [0.29, 0.717) is 22.8 Å². The quantitative estimate of drug-likeness (QED) is 0.584. The average Bonchev–Trinajstić information content (AvgIpc) is 3.11. The zero-order valence-electron chi connectivity index (χ0n) is 12.3. The molecule has 2 heterocycles. The summed E-state index contributed by atoms with van der Waals surface area (Å²) in [6, 6.07) is 2.63. The Hall–Kier alpha value is -1.51. The maximum Gasteiger partial charge on any atom is 0.326 e. The first-order valence-corrected chi connectivity index (χ1v) is 9.35. The van der Waals surface area contributed by atoms with E-state index in [4.69, 9.17) is 16.6 Å². The van der Waals surface area contributed by atoms with Crippen molar-refractivity contribution in [3.63, 3.8) is 0 Å². The zero-order valence-corrected chi connectivity index (χ0v) is 14.7. The van der Waals surface area contributed by atoms with Crippen LogP contribution in [0.4, 0.5) is 0 Å². The standard InChI is InChI=1S/C15H15NO4S3/c1-22-9-7-11(14(18)19)16-13(17)12(23-15(16)21)6-2-4-10-5-3-8-20-10/h2-6,8,11H,7,9H2,1H3,(H,18,19)/b4-2+,12-6+. The maximum absolute atomic E-state index is 12.4. The predicted molar refractivity (Wildman–Crippen MR) is 97.3 cm³/mol. The molecule has 1 amide bonds. The van der Waals surface area contributed by atoms with Gasteiger partial charge in [-0.25, -0.2) is 4.79 Å². The average molecular weight is 369 g/mol. The molecule has 5 nitrogen and oxygen atoms in total. The molecule has 23 heavy (non-hydrogen) atoms. The number of carbonyl (C=O) groups excluding carboxylic acids is 1. The second-order valence-corrected chi connectivity index (χ2v) is 7.25. The Bertz CT molecular complexity index is 652. The highest BCUT2D eigenvalue weighted by Crippen LogP contribution is 2.33. The lowest BCUT2D eigenvalue weighted by Crippen LogP contribution is -2.44. The van der Waals surface area contributed by atoms with Gasteiger partial charge in [0.05, 0.1) is 11.2 Å².